The molecule has 3 nitrogen and oxygen atoms in total. The number of esters is 1. The van der Waals surface area contributed by atoms with Crippen LogP contribution < -0.4 is 9.47 Å². The van der Waals surface area contributed by atoms with Gasteiger partial charge in [0.1, 0.15) is 11.5 Å². The highest BCUT2D eigenvalue weighted by Crippen LogP contribution is 2.36. The second kappa shape index (κ2) is 14.7. The predicted molar refractivity (Wildman–Crippen MR) is 137 cm³/mol. The first-order valence-electron chi connectivity index (χ1n) is 14.1. The Bertz CT molecular complexity index is 660. The van der Waals surface area contributed by atoms with Crippen LogP contribution in [0.2, 0.25) is 0 Å². The van der Waals surface area contributed by atoms with Gasteiger partial charge >= 0.3 is 5.97 Å². The Hall–Kier alpha value is -1.51. The van der Waals surface area contributed by atoms with Crippen LogP contribution in [0.1, 0.15) is 117 Å². The number of unbranched alkanes of at least 4 members (excludes halogenated alkanes) is 4. The van der Waals surface area contributed by atoms with E-state index in [0.717, 1.165) is 62.2 Å². The Labute approximate surface area is 203 Å². The molecule has 33 heavy (non-hydrogen) atoms. The van der Waals surface area contributed by atoms with Gasteiger partial charge in [0.05, 0.1) is 12.5 Å². The zero-order valence-corrected chi connectivity index (χ0v) is 21.4. The lowest BCUT2D eigenvalue weighted by Gasteiger charge is -2.31. The molecular weight excluding hydrogens is 408 g/mol. The molecule has 1 aromatic rings. The smallest absolute Gasteiger partial charge is 0.314 e. The molecule has 0 heterocycles. The topological polar surface area (TPSA) is 35.5 Å². The molecule has 2 aliphatic rings. The average molecular weight is 457 g/mol. The number of rotatable bonds is 13. The summed E-state index contributed by atoms with van der Waals surface area (Å²) in [6.07, 6.45) is 20.8. The van der Waals surface area contributed by atoms with Gasteiger partial charge in [-0.2, -0.15) is 0 Å². The number of benzene rings is 1. The highest BCUT2D eigenvalue weighted by Gasteiger charge is 2.26. The van der Waals surface area contributed by atoms with E-state index in [1.54, 1.807) is 0 Å². The van der Waals surface area contributed by atoms with Gasteiger partial charge in [0.2, 0.25) is 0 Å². The van der Waals surface area contributed by atoms with E-state index in [1.165, 1.54) is 70.6 Å². The minimum atomic E-state index is -0.0667. The van der Waals surface area contributed by atoms with Gasteiger partial charge in [0, 0.05) is 0 Å². The van der Waals surface area contributed by atoms with Crippen LogP contribution in [-0.4, -0.2) is 12.6 Å². The maximum Gasteiger partial charge on any atom is 0.314 e. The molecule has 0 N–H and O–H groups in total. The van der Waals surface area contributed by atoms with E-state index in [2.05, 4.69) is 13.8 Å². The first-order chi connectivity index (χ1) is 16.2. The Morgan fingerprint density at radius 3 is 2.06 bits per heavy atom. The van der Waals surface area contributed by atoms with Gasteiger partial charge in [0.25, 0.3) is 0 Å². The van der Waals surface area contributed by atoms with Crippen molar-refractivity contribution in [3.8, 4) is 11.5 Å². The monoisotopic (exact) mass is 456 g/mol. The van der Waals surface area contributed by atoms with Crippen LogP contribution in [0.5, 0.6) is 11.5 Å². The fraction of sp³-hybridized carbons (Fsp3) is 0.767. The lowest BCUT2D eigenvalue weighted by molar-refractivity contribution is -0.140. The maximum absolute atomic E-state index is 12.4. The van der Waals surface area contributed by atoms with Crippen molar-refractivity contribution in [2.75, 3.05) is 6.61 Å². The van der Waals surface area contributed by atoms with Gasteiger partial charge in [-0.1, -0.05) is 78.1 Å². The van der Waals surface area contributed by atoms with Crippen molar-refractivity contribution in [3.63, 3.8) is 0 Å². The first kappa shape index (κ1) is 26.1. The van der Waals surface area contributed by atoms with E-state index in [0.29, 0.717) is 5.75 Å². The van der Waals surface area contributed by atoms with Crippen LogP contribution in [0.15, 0.2) is 24.3 Å². The fourth-order valence-corrected chi connectivity index (χ4v) is 5.89. The molecule has 3 heteroatoms. The Kier molecular flexibility index (Phi) is 11.6. The third kappa shape index (κ3) is 9.33. The van der Waals surface area contributed by atoms with Gasteiger partial charge in [-0.05, 0) is 80.5 Å². The van der Waals surface area contributed by atoms with Gasteiger partial charge in [-0.25, -0.2) is 0 Å². The highest BCUT2D eigenvalue weighted by molar-refractivity contribution is 5.75. The molecule has 0 aromatic heterocycles. The summed E-state index contributed by atoms with van der Waals surface area (Å²) in [7, 11) is 0. The van der Waals surface area contributed by atoms with Crippen molar-refractivity contribution < 1.29 is 14.3 Å². The first-order valence-corrected chi connectivity index (χ1v) is 14.1. The second-order valence-electron chi connectivity index (χ2n) is 10.8. The summed E-state index contributed by atoms with van der Waals surface area (Å²) < 4.78 is 11.6. The molecule has 0 amide bonds. The SMILES string of the molecule is CCCCCCCC1CCCCC1CCCOc1ccc(OC(=O)C2CCC(C)CC2)cc1. The average Bonchev–Trinajstić information content (AvgIpc) is 2.84. The number of hydrogen-bond acceptors (Lipinski definition) is 3. The Balaban J connectivity index is 1.32. The number of hydrogen-bond donors (Lipinski definition) is 0. The molecule has 2 fully saturated rings. The number of carbonyl (C=O) groups excluding carboxylic acids is 1. The van der Waals surface area contributed by atoms with Crippen LogP contribution in [0.25, 0.3) is 0 Å². The van der Waals surface area contributed by atoms with Crippen LogP contribution in [0, 0.1) is 23.7 Å². The Morgan fingerprint density at radius 1 is 0.788 bits per heavy atom. The zero-order valence-electron chi connectivity index (χ0n) is 21.4. The molecule has 0 saturated heterocycles. The molecule has 2 saturated carbocycles. The summed E-state index contributed by atoms with van der Waals surface area (Å²) in [4.78, 5) is 12.4. The van der Waals surface area contributed by atoms with Crippen molar-refractivity contribution in [1.82, 2.24) is 0 Å². The molecule has 2 atom stereocenters. The number of carbonyl (C=O) groups is 1. The van der Waals surface area contributed by atoms with E-state index < -0.39 is 0 Å². The van der Waals surface area contributed by atoms with Gasteiger partial charge < -0.3 is 9.47 Å². The maximum atomic E-state index is 12.4. The van der Waals surface area contributed by atoms with E-state index in [1.807, 2.05) is 24.3 Å². The third-order valence-electron chi connectivity index (χ3n) is 8.12. The van der Waals surface area contributed by atoms with Crippen molar-refractivity contribution in [2.24, 2.45) is 23.7 Å². The largest absolute Gasteiger partial charge is 0.494 e. The van der Waals surface area contributed by atoms with E-state index in [4.69, 9.17) is 9.47 Å². The predicted octanol–water partition coefficient (Wildman–Crippen LogP) is 8.74. The second-order valence-corrected chi connectivity index (χ2v) is 10.8. The van der Waals surface area contributed by atoms with Gasteiger partial charge in [-0.3, -0.25) is 4.79 Å². The normalized spacial score (nSPS) is 25.5. The minimum absolute atomic E-state index is 0.0667. The quantitative estimate of drug-likeness (QED) is 0.169. The van der Waals surface area contributed by atoms with Crippen molar-refractivity contribution in [3.05, 3.63) is 24.3 Å². The summed E-state index contributed by atoms with van der Waals surface area (Å²) in [5.41, 5.74) is 0. The van der Waals surface area contributed by atoms with Crippen molar-refractivity contribution >= 4 is 5.97 Å². The Morgan fingerprint density at radius 2 is 1.39 bits per heavy atom. The molecule has 0 aliphatic heterocycles. The van der Waals surface area contributed by atoms with Crippen molar-refractivity contribution in [1.29, 1.82) is 0 Å². The summed E-state index contributed by atoms with van der Waals surface area (Å²) in [5, 5.41) is 0. The van der Waals surface area contributed by atoms with E-state index in [9.17, 15) is 4.79 Å². The fourth-order valence-electron chi connectivity index (χ4n) is 5.89. The van der Waals surface area contributed by atoms with Gasteiger partial charge in [0.15, 0.2) is 0 Å². The summed E-state index contributed by atoms with van der Waals surface area (Å²) in [6, 6.07) is 7.61. The van der Waals surface area contributed by atoms with E-state index in [-0.39, 0.29) is 11.9 Å². The molecule has 2 unspecified atom stereocenters. The van der Waals surface area contributed by atoms with Crippen molar-refractivity contribution in [2.45, 2.75) is 117 Å². The molecular formula is C30H48O3. The molecule has 0 bridgehead atoms. The number of ether oxygens (including phenoxy) is 2. The minimum Gasteiger partial charge on any atom is -0.494 e. The summed E-state index contributed by atoms with van der Waals surface area (Å²) in [6.45, 7) is 5.34. The van der Waals surface area contributed by atoms with E-state index >= 15 is 0 Å². The molecule has 2 aliphatic carbocycles. The van der Waals surface area contributed by atoms with Gasteiger partial charge in [-0.15, -0.1) is 0 Å². The molecule has 0 radical (unpaired) electrons. The lowest BCUT2D eigenvalue weighted by Crippen LogP contribution is -2.24. The summed E-state index contributed by atoms with van der Waals surface area (Å²) >= 11 is 0. The molecule has 3 rings (SSSR count). The van der Waals surface area contributed by atoms with Crippen LogP contribution in [-0.2, 0) is 4.79 Å². The third-order valence-corrected chi connectivity index (χ3v) is 8.12. The van der Waals surface area contributed by atoms with Crippen LogP contribution in [0.3, 0.4) is 0 Å². The van der Waals surface area contributed by atoms with Crippen LogP contribution >= 0.6 is 0 Å². The molecule has 0 spiro atoms. The standard InChI is InChI=1S/C30H48O3/c1-3-4-5-6-7-11-25-12-8-9-13-26(25)14-10-23-32-28-19-21-29(22-20-28)33-30(31)27-17-15-24(2)16-18-27/h19-22,24-27H,3-18,23H2,1-2H3. The lowest BCUT2D eigenvalue weighted by atomic mass is 9.74. The highest BCUT2D eigenvalue weighted by atomic mass is 16.5. The zero-order chi connectivity index (χ0) is 23.3. The van der Waals surface area contributed by atoms with Crippen LogP contribution in [0.4, 0.5) is 0 Å². The summed E-state index contributed by atoms with van der Waals surface area (Å²) in [5.74, 6) is 4.09. The molecule has 186 valence electrons. The molecule has 1 aromatic carbocycles.